The van der Waals surface area contributed by atoms with Gasteiger partial charge >= 0.3 is 12.2 Å². The summed E-state index contributed by atoms with van der Waals surface area (Å²) >= 11 is 0. The van der Waals surface area contributed by atoms with Crippen LogP contribution in [0.3, 0.4) is 0 Å². The van der Waals surface area contributed by atoms with Crippen LogP contribution in [0.5, 0.6) is 0 Å². The number of imidazole rings is 2. The SMILES string of the molecule is CC(C)(C)OC(=O)N1CCC[C@H]1c1nc2ncc(-c3ccc(-c4cnc5nc([C@@H]6CCCN6C(=O)OC(C)(C)C)[nH]c5c4)cc3)cc2[nH]1. The maximum absolute atomic E-state index is 12.8. The number of rotatable bonds is 4. The maximum atomic E-state index is 12.8. The highest BCUT2D eigenvalue weighted by atomic mass is 16.6. The summed E-state index contributed by atoms with van der Waals surface area (Å²) in [5.41, 5.74) is 5.70. The quantitative estimate of drug-likeness (QED) is 0.201. The molecule has 12 heteroatoms. The zero-order chi connectivity index (χ0) is 33.8. The topological polar surface area (TPSA) is 142 Å². The van der Waals surface area contributed by atoms with Crippen molar-refractivity contribution in [3.05, 3.63) is 60.4 Å². The van der Waals surface area contributed by atoms with Gasteiger partial charge < -0.3 is 19.4 Å². The Morgan fingerprint density at radius 1 is 0.667 bits per heavy atom. The number of nitrogens with one attached hydrogen (secondary N) is 2. The first-order valence-electron chi connectivity index (χ1n) is 16.6. The molecule has 6 heterocycles. The molecule has 0 aliphatic carbocycles. The lowest BCUT2D eigenvalue weighted by Crippen LogP contribution is -2.36. The fourth-order valence-corrected chi connectivity index (χ4v) is 6.50. The molecule has 0 bridgehead atoms. The second-order valence-corrected chi connectivity index (χ2v) is 14.7. The molecule has 12 nitrogen and oxygen atoms in total. The number of likely N-dealkylation sites (tertiary alicyclic amines) is 2. The van der Waals surface area contributed by atoms with Gasteiger partial charge in [-0.3, -0.25) is 9.80 Å². The molecule has 2 saturated heterocycles. The number of benzene rings is 1. The molecule has 0 unspecified atom stereocenters. The Morgan fingerprint density at radius 3 is 1.44 bits per heavy atom. The third-order valence-corrected chi connectivity index (χ3v) is 8.66. The summed E-state index contributed by atoms with van der Waals surface area (Å²) in [4.78, 5) is 54.8. The van der Waals surface area contributed by atoms with Crippen LogP contribution in [0.4, 0.5) is 9.59 Å². The van der Waals surface area contributed by atoms with Gasteiger partial charge in [0.15, 0.2) is 11.3 Å². The Hall–Kier alpha value is -5.00. The third-order valence-electron chi connectivity index (χ3n) is 8.66. The number of aromatic amines is 2. The number of nitrogens with zero attached hydrogens (tertiary/aromatic N) is 6. The van der Waals surface area contributed by atoms with Gasteiger partial charge in [-0.25, -0.2) is 29.5 Å². The minimum absolute atomic E-state index is 0.171. The number of carbonyl (C=O) groups excluding carboxylic acids is 2. The zero-order valence-electron chi connectivity index (χ0n) is 28.3. The molecule has 2 N–H and O–H groups in total. The Bertz CT molecular complexity index is 1840. The van der Waals surface area contributed by atoms with Gasteiger partial charge in [0.25, 0.3) is 0 Å². The van der Waals surface area contributed by atoms with Crippen LogP contribution < -0.4 is 0 Å². The van der Waals surface area contributed by atoms with Crippen LogP contribution >= 0.6 is 0 Å². The highest BCUT2D eigenvalue weighted by molar-refractivity contribution is 5.81. The minimum atomic E-state index is -0.557. The molecular weight excluding hydrogens is 608 g/mol. The molecule has 2 fully saturated rings. The predicted octanol–water partition coefficient (Wildman–Crippen LogP) is 7.71. The van der Waals surface area contributed by atoms with E-state index in [0.29, 0.717) is 24.4 Å². The first-order chi connectivity index (χ1) is 22.8. The van der Waals surface area contributed by atoms with E-state index in [2.05, 4.69) is 44.2 Å². The summed E-state index contributed by atoms with van der Waals surface area (Å²) in [6, 6.07) is 12.0. The number of fused-ring (bicyclic) bond motifs is 2. The average Bonchev–Trinajstić information content (AvgIpc) is 3.83. The van der Waals surface area contributed by atoms with Crippen molar-refractivity contribution in [2.75, 3.05) is 13.1 Å². The molecule has 2 aliphatic rings. The minimum Gasteiger partial charge on any atom is -0.444 e. The predicted molar refractivity (Wildman–Crippen MR) is 182 cm³/mol. The third kappa shape index (κ3) is 6.43. The summed E-state index contributed by atoms with van der Waals surface area (Å²) in [7, 11) is 0. The highest BCUT2D eigenvalue weighted by Gasteiger charge is 2.36. The van der Waals surface area contributed by atoms with Crippen molar-refractivity contribution in [1.82, 2.24) is 39.7 Å². The second kappa shape index (κ2) is 11.9. The summed E-state index contributed by atoms with van der Waals surface area (Å²) < 4.78 is 11.3. The van der Waals surface area contributed by atoms with Crippen molar-refractivity contribution < 1.29 is 19.1 Å². The molecule has 250 valence electrons. The monoisotopic (exact) mass is 650 g/mol. The molecule has 2 aliphatic heterocycles. The van der Waals surface area contributed by atoms with Crippen molar-refractivity contribution in [3.8, 4) is 22.3 Å². The van der Waals surface area contributed by atoms with Gasteiger partial charge in [-0.05, 0) is 90.5 Å². The molecule has 2 atom stereocenters. The van der Waals surface area contributed by atoms with Crippen LogP contribution in [0.25, 0.3) is 44.6 Å². The van der Waals surface area contributed by atoms with Crippen LogP contribution in [-0.4, -0.2) is 76.2 Å². The molecule has 0 saturated carbocycles. The number of amides is 2. The number of pyridine rings is 2. The highest BCUT2D eigenvalue weighted by Crippen LogP contribution is 2.35. The summed E-state index contributed by atoms with van der Waals surface area (Å²) in [6.45, 7) is 12.5. The van der Waals surface area contributed by atoms with Crippen LogP contribution in [0.2, 0.25) is 0 Å². The lowest BCUT2D eigenvalue weighted by molar-refractivity contribution is 0.0208. The number of carbonyl (C=O) groups is 2. The first kappa shape index (κ1) is 31.6. The summed E-state index contributed by atoms with van der Waals surface area (Å²) in [6.07, 6.45) is 6.43. The van der Waals surface area contributed by atoms with Gasteiger partial charge in [-0.1, -0.05) is 24.3 Å². The number of ether oxygens (including phenoxy) is 2. The normalized spacial score (nSPS) is 18.6. The van der Waals surface area contributed by atoms with E-state index >= 15 is 0 Å². The van der Waals surface area contributed by atoms with E-state index in [1.54, 1.807) is 9.80 Å². The standard InChI is InChI=1S/C36H42N8O4/c1-35(2,3)47-33(45)43-15-7-9-27(43)31-39-25-17-23(19-37-29(25)41-31)21-11-13-22(14-12-21)24-18-26-30(38-20-24)42-32(40-26)28-10-8-16-44(28)34(46)48-36(4,5)6/h11-14,17-20,27-28H,7-10,15-16H2,1-6H3,(H,37,39,41)(H,38,40,42)/t27-,28-/m0/s1. The first-order valence-corrected chi connectivity index (χ1v) is 16.6. The van der Waals surface area contributed by atoms with Gasteiger partial charge in [-0.15, -0.1) is 0 Å². The van der Waals surface area contributed by atoms with E-state index in [1.807, 2.05) is 66.1 Å². The smallest absolute Gasteiger partial charge is 0.410 e. The second-order valence-electron chi connectivity index (χ2n) is 14.7. The molecule has 1 aromatic carbocycles. The van der Waals surface area contributed by atoms with Crippen LogP contribution in [0.15, 0.2) is 48.8 Å². The van der Waals surface area contributed by atoms with Crippen molar-refractivity contribution in [2.45, 2.75) is 90.5 Å². The molecule has 4 aromatic heterocycles. The van der Waals surface area contributed by atoms with Gasteiger partial charge in [0.1, 0.15) is 22.9 Å². The van der Waals surface area contributed by atoms with E-state index in [9.17, 15) is 9.59 Å². The Labute approximate surface area is 279 Å². The van der Waals surface area contributed by atoms with Gasteiger partial charge in [0.05, 0.1) is 23.1 Å². The largest absolute Gasteiger partial charge is 0.444 e. The lowest BCUT2D eigenvalue weighted by Gasteiger charge is -2.27. The molecule has 0 radical (unpaired) electrons. The van der Waals surface area contributed by atoms with Crippen LogP contribution in [0.1, 0.15) is 91.0 Å². The molecular formula is C36H42N8O4. The Balaban J connectivity index is 1.08. The number of H-pyrrole nitrogens is 2. The summed E-state index contributed by atoms with van der Waals surface area (Å²) in [5.74, 6) is 1.45. The number of aromatic nitrogens is 6. The van der Waals surface area contributed by atoms with Crippen LogP contribution in [-0.2, 0) is 9.47 Å². The Morgan fingerprint density at radius 2 is 1.06 bits per heavy atom. The fraction of sp³-hybridized carbons (Fsp3) is 0.444. The molecule has 0 spiro atoms. The van der Waals surface area contributed by atoms with Crippen LogP contribution in [0, 0.1) is 0 Å². The Kier molecular flexibility index (Phi) is 7.84. The molecule has 7 rings (SSSR count). The van der Waals surface area contributed by atoms with Gasteiger partial charge in [0.2, 0.25) is 0 Å². The maximum Gasteiger partial charge on any atom is 0.410 e. The fourth-order valence-electron chi connectivity index (χ4n) is 6.50. The molecule has 5 aromatic rings. The van der Waals surface area contributed by atoms with Gasteiger partial charge in [0, 0.05) is 36.6 Å². The number of hydrogen-bond donors (Lipinski definition) is 2. The van der Waals surface area contributed by atoms with Crippen molar-refractivity contribution in [1.29, 1.82) is 0 Å². The molecule has 48 heavy (non-hydrogen) atoms. The zero-order valence-corrected chi connectivity index (χ0v) is 28.3. The van der Waals surface area contributed by atoms with E-state index in [-0.39, 0.29) is 24.3 Å². The van der Waals surface area contributed by atoms with Crippen molar-refractivity contribution in [3.63, 3.8) is 0 Å². The molecule has 2 amide bonds. The summed E-state index contributed by atoms with van der Waals surface area (Å²) in [5, 5.41) is 0. The van der Waals surface area contributed by atoms with Gasteiger partial charge in [-0.2, -0.15) is 0 Å². The van der Waals surface area contributed by atoms with E-state index < -0.39 is 11.2 Å². The lowest BCUT2D eigenvalue weighted by atomic mass is 10.0. The average molecular weight is 651 g/mol. The number of hydrogen-bond acceptors (Lipinski definition) is 8. The van der Waals surface area contributed by atoms with Crippen molar-refractivity contribution in [2.24, 2.45) is 0 Å². The van der Waals surface area contributed by atoms with Crippen molar-refractivity contribution >= 4 is 34.5 Å². The van der Waals surface area contributed by atoms with E-state index in [1.165, 1.54) is 0 Å². The van der Waals surface area contributed by atoms with E-state index in [4.69, 9.17) is 19.4 Å². The van der Waals surface area contributed by atoms with E-state index in [0.717, 1.165) is 70.6 Å².